The Bertz CT molecular complexity index is 1230. The molecule has 0 aliphatic carbocycles. The average Bonchev–Trinajstić information content (AvgIpc) is 3.35. The molecule has 0 atom stereocenters. The molecule has 0 spiro atoms. The summed E-state index contributed by atoms with van der Waals surface area (Å²) >= 11 is 4.79. The van der Waals surface area contributed by atoms with Crippen LogP contribution in [0, 0.1) is 11.3 Å². The number of nitrogens with zero attached hydrogens (tertiary/aromatic N) is 4. The summed E-state index contributed by atoms with van der Waals surface area (Å²) in [6.07, 6.45) is 5.12. The third kappa shape index (κ3) is 3.64. The minimum absolute atomic E-state index is 0.323. The summed E-state index contributed by atoms with van der Waals surface area (Å²) in [5.41, 5.74) is 2.55. The van der Waals surface area contributed by atoms with Gasteiger partial charge in [0.25, 0.3) is 0 Å². The highest BCUT2D eigenvalue weighted by Crippen LogP contribution is 2.37. The Labute approximate surface area is 179 Å². The van der Waals surface area contributed by atoms with E-state index in [1.165, 1.54) is 11.3 Å². The van der Waals surface area contributed by atoms with E-state index >= 15 is 0 Å². The number of hydrogen-bond acceptors (Lipinski definition) is 7. The second-order valence-corrected chi connectivity index (χ2v) is 7.84. The Balaban J connectivity index is 1.69. The normalized spacial score (nSPS) is 10.7. The molecule has 0 saturated carbocycles. The Hall–Kier alpha value is -3.09. The number of hydrogen-bond donors (Lipinski definition) is 0. The van der Waals surface area contributed by atoms with E-state index in [0.717, 1.165) is 26.1 Å². The van der Waals surface area contributed by atoms with Crippen LogP contribution in [-0.2, 0) is 6.61 Å². The van der Waals surface area contributed by atoms with Gasteiger partial charge in [-0.15, -0.1) is 11.3 Å². The molecule has 0 aliphatic rings. The second-order valence-electron chi connectivity index (χ2n) is 5.96. The lowest BCUT2D eigenvalue weighted by molar-refractivity contribution is 0.306. The van der Waals surface area contributed by atoms with E-state index in [-0.39, 0.29) is 0 Å². The van der Waals surface area contributed by atoms with Gasteiger partial charge in [0.15, 0.2) is 17.2 Å². The van der Waals surface area contributed by atoms with E-state index in [4.69, 9.17) is 14.2 Å². The number of ether oxygens (including phenoxy) is 3. The van der Waals surface area contributed by atoms with Gasteiger partial charge in [-0.1, -0.05) is 0 Å². The van der Waals surface area contributed by atoms with Crippen molar-refractivity contribution in [1.29, 1.82) is 5.26 Å². The number of halogens is 1. The first-order valence-electron chi connectivity index (χ1n) is 8.49. The first-order valence-corrected chi connectivity index (χ1v) is 10.1. The standard InChI is InChI=1S/C20H15BrN4O3S/c1-26-16-5-14-15(6-17(16)27-2)25(11-24-14)20-7-18(19(8-22)29-20)28-10-12-3-4-23-9-13(12)21/h3-7,9,11H,10H2,1-2H3. The van der Waals surface area contributed by atoms with Crippen LogP contribution in [-0.4, -0.2) is 28.8 Å². The molecular formula is C20H15BrN4O3S. The summed E-state index contributed by atoms with van der Waals surface area (Å²) in [7, 11) is 3.18. The molecule has 0 bridgehead atoms. The summed E-state index contributed by atoms with van der Waals surface area (Å²) in [5, 5.41) is 10.4. The number of pyridine rings is 1. The SMILES string of the molecule is COc1cc2ncn(-c3cc(OCc4ccncc4Br)c(C#N)s3)c2cc1OC. The van der Waals surface area contributed by atoms with Gasteiger partial charge in [-0.2, -0.15) is 5.26 Å². The van der Waals surface area contributed by atoms with Crippen molar-refractivity contribution in [2.45, 2.75) is 6.61 Å². The van der Waals surface area contributed by atoms with Crippen LogP contribution in [0.25, 0.3) is 16.0 Å². The summed E-state index contributed by atoms with van der Waals surface area (Å²) in [4.78, 5) is 8.98. The fourth-order valence-corrected chi connectivity index (χ4v) is 4.10. The molecule has 0 amide bonds. The van der Waals surface area contributed by atoms with Crippen LogP contribution in [0.5, 0.6) is 17.2 Å². The Morgan fingerprint density at radius 1 is 1.17 bits per heavy atom. The van der Waals surface area contributed by atoms with E-state index in [1.54, 1.807) is 32.9 Å². The van der Waals surface area contributed by atoms with Gasteiger partial charge in [-0.25, -0.2) is 4.98 Å². The average molecular weight is 471 g/mol. The molecule has 1 aromatic carbocycles. The molecule has 0 fully saturated rings. The van der Waals surface area contributed by atoms with Gasteiger partial charge in [0.2, 0.25) is 0 Å². The van der Waals surface area contributed by atoms with Crippen LogP contribution < -0.4 is 14.2 Å². The number of thiophene rings is 1. The maximum absolute atomic E-state index is 9.54. The van der Waals surface area contributed by atoms with Crippen molar-refractivity contribution in [2.24, 2.45) is 0 Å². The molecule has 0 unspecified atom stereocenters. The zero-order valence-electron chi connectivity index (χ0n) is 15.5. The quantitative estimate of drug-likeness (QED) is 0.405. The number of rotatable bonds is 6. The number of methoxy groups -OCH3 is 2. The molecule has 29 heavy (non-hydrogen) atoms. The van der Waals surface area contributed by atoms with E-state index in [1.807, 2.05) is 28.8 Å². The molecule has 146 valence electrons. The summed E-state index contributed by atoms with van der Waals surface area (Å²) in [5.74, 6) is 1.75. The lowest BCUT2D eigenvalue weighted by atomic mass is 10.2. The largest absolute Gasteiger partial charge is 0.493 e. The van der Waals surface area contributed by atoms with Gasteiger partial charge >= 0.3 is 0 Å². The maximum atomic E-state index is 9.54. The molecule has 0 saturated heterocycles. The van der Waals surface area contributed by atoms with E-state index in [2.05, 4.69) is 32.0 Å². The fourth-order valence-electron chi connectivity index (χ4n) is 2.85. The van der Waals surface area contributed by atoms with Crippen molar-refractivity contribution in [2.75, 3.05) is 14.2 Å². The lowest BCUT2D eigenvalue weighted by Gasteiger charge is -2.08. The third-order valence-electron chi connectivity index (χ3n) is 4.32. The van der Waals surface area contributed by atoms with Crippen molar-refractivity contribution in [1.82, 2.24) is 14.5 Å². The van der Waals surface area contributed by atoms with Gasteiger partial charge < -0.3 is 14.2 Å². The van der Waals surface area contributed by atoms with Gasteiger partial charge in [0.05, 0.1) is 25.3 Å². The molecule has 0 radical (unpaired) electrons. The first-order chi connectivity index (χ1) is 14.1. The van der Waals surface area contributed by atoms with Gasteiger partial charge in [0, 0.05) is 40.6 Å². The van der Waals surface area contributed by atoms with E-state index in [0.29, 0.717) is 28.7 Å². The van der Waals surface area contributed by atoms with Crippen molar-refractivity contribution < 1.29 is 14.2 Å². The minimum Gasteiger partial charge on any atom is -0.493 e. The highest BCUT2D eigenvalue weighted by atomic mass is 79.9. The van der Waals surface area contributed by atoms with Crippen LogP contribution in [0.3, 0.4) is 0 Å². The fraction of sp³-hybridized carbons (Fsp3) is 0.150. The smallest absolute Gasteiger partial charge is 0.163 e. The second kappa shape index (κ2) is 8.11. The van der Waals surface area contributed by atoms with Gasteiger partial charge in [-0.05, 0) is 22.0 Å². The minimum atomic E-state index is 0.323. The van der Waals surface area contributed by atoms with Crippen LogP contribution in [0.2, 0.25) is 0 Å². The van der Waals surface area contributed by atoms with Gasteiger partial charge in [0.1, 0.15) is 28.9 Å². The maximum Gasteiger partial charge on any atom is 0.163 e. The molecule has 0 N–H and O–H groups in total. The molecule has 3 aromatic heterocycles. The van der Waals surface area contributed by atoms with E-state index in [9.17, 15) is 5.26 Å². The zero-order valence-corrected chi connectivity index (χ0v) is 18.0. The van der Waals surface area contributed by atoms with Crippen molar-refractivity contribution in [3.05, 3.63) is 57.9 Å². The van der Waals surface area contributed by atoms with Crippen LogP contribution in [0.1, 0.15) is 10.4 Å². The summed E-state index contributed by atoms with van der Waals surface area (Å²) in [6, 6.07) is 9.60. The summed E-state index contributed by atoms with van der Waals surface area (Å²) < 4.78 is 19.4. The molecule has 4 rings (SSSR count). The Kier molecular flexibility index (Phi) is 5.38. The number of nitriles is 1. The predicted octanol–water partition coefficient (Wildman–Crippen LogP) is 4.71. The topological polar surface area (TPSA) is 82.2 Å². The number of fused-ring (bicyclic) bond motifs is 1. The van der Waals surface area contributed by atoms with E-state index < -0.39 is 0 Å². The van der Waals surface area contributed by atoms with Crippen LogP contribution in [0.15, 0.2) is 47.5 Å². The number of benzene rings is 1. The van der Waals surface area contributed by atoms with Crippen molar-refractivity contribution in [3.8, 4) is 28.3 Å². The zero-order chi connectivity index (χ0) is 20.4. The summed E-state index contributed by atoms with van der Waals surface area (Å²) in [6.45, 7) is 0.323. The monoisotopic (exact) mass is 470 g/mol. The first kappa shape index (κ1) is 19.2. The van der Waals surface area contributed by atoms with Crippen LogP contribution in [0.4, 0.5) is 0 Å². The van der Waals surface area contributed by atoms with Crippen molar-refractivity contribution >= 4 is 38.3 Å². The van der Waals surface area contributed by atoms with Crippen molar-refractivity contribution in [3.63, 3.8) is 0 Å². The molecule has 7 nitrogen and oxygen atoms in total. The lowest BCUT2D eigenvalue weighted by Crippen LogP contribution is -1.97. The predicted molar refractivity (Wildman–Crippen MR) is 113 cm³/mol. The van der Waals surface area contributed by atoms with Crippen LogP contribution >= 0.6 is 27.3 Å². The molecule has 3 heterocycles. The molecule has 4 aromatic rings. The third-order valence-corrected chi connectivity index (χ3v) is 6.05. The highest BCUT2D eigenvalue weighted by Gasteiger charge is 2.16. The highest BCUT2D eigenvalue weighted by molar-refractivity contribution is 9.10. The number of aromatic nitrogens is 3. The Morgan fingerprint density at radius 2 is 1.97 bits per heavy atom. The number of imidazole rings is 1. The molecule has 0 aliphatic heterocycles. The Morgan fingerprint density at radius 3 is 2.69 bits per heavy atom. The van der Waals surface area contributed by atoms with Gasteiger partial charge in [-0.3, -0.25) is 9.55 Å². The molecular weight excluding hydrogens is 456 g/mol. The molecule has 9 heteroatoms.